The van der Waals surface area contributed by atoms with Gasteiger partial charge in [0.2, 0.25) is 0 Å². The Balaban J connectivity index is 1.77. The molecule has 2 amide bonds. The largest absolute Gasteiger partial charge is 0.478 e. The molecule has 0 atom stereocenters. The third-order valence-corrected chi connectivity index (χ3v) is 6.46. The maximum Gasteiger partial charge on any atom is 0.335 e. The number of aryl methyl sites for hydroxylation is 3. The minimum absolute atomic E-state index is 0.0329. The summed E-state index contributed by atoms with van der Waals surface area (Å²) in [5.41, 5.74) is 5.76. The van der Waals surface area contributed by atoms with Crippen LogP contribution < -0.4 is 10.2 Å². The Morgan fingerprint density at radius 2 is 1.74 bits per heavy atom. The lowest BCUT2D eigenvalue weighted by molar-refractivity contribution is -0.122. The first-order valence-corrected chi connectivity index (χ1v) is 11.6. The molecule has 0 spiro atoms. The maximum absolute atomic E-state index is 13.4. The van der Waals surface area contributed by atoms with Crippen LogP contribution in [0.4, 0.5) is 5.69 Å². The van der Waals surface area contributed by atoms with E-state index in [0.717, 1.165) is 34.6 Å². The highest BCUT2D eigenvalue weighted by Crippen LogP contribution is 2.28. The van der Waals surface area contributed by atoms with Crippen LogP contribution in [0.1, 0.15) is 45.4 Å². The molecule has 2 heterocycles. The smallest absolute Gasteiger partial charge is 0.335 e. The number of nitrogens with one attached hydrogen (secondary N) is 1. The van der Waals surface area contributed by atoms with E-state index < -0.39 is 17.8 Å². The minimum atomic E-state index is -1.01. The Hall–Kier alpha value is -4.04. The molecule has 1 aromatic heterocycles. The first kappa shape index (κ1) is 24.1. The van der Waals surface area contributed by atoms with E-state index in [1.54, 1.807) is 24.3 Å². The molecule has 2 N–H and O–H groups in total. The highest BCUT2D eigenvalue weighted by Gasteiger charge is 2.34. The van der Waals surface area contributed by atoms with Gasteiger partial charge in [-0.05, 0) is 92.5 Å². The lowest BCUT2D eigenvalue weighted by Crippen LogP contribution is -2.54. The van der Waals surface area contributed by atoms with Gasteiger partial charge in [-0.3, -0.25) is 19.8 Å². The summed E-state index contributed by atoms with van der Waals surface area (Å²) in [6.07, 6.45) is 2.42. The Morgan fingerprint density at radius 3 is 2.37 bits per heavy atom. The third-order valence-electron chi connectivity index (χ3n) is 6.17. The van der Waals surface area contributed by atoms with Crippen molar-refractivity contribution in [2.75, 3.05) is 4.90 Å². The van der Waals surface area contributed by atoms with Gasteiger partial charge < -0.3 is 9.67 Å². The van der Waals surface area contributed by atoms with Gasteiger partial charge in [-0.15, -0.1) is 0 Å². The number of carbonyl (C=O) groups is 3. The third kappa shape index (κ3) is 4.40. The predicted molar refractivity (Wildman–Crippen MR) is 139 cm³/mol. The summed E-state index contributed by atoms with van der Waals surface area (Å²) in [5, 5.41) is 12.1. The van der Waals surface area contributed by atoms with Gasteiger partial charge in [-0.2, -0.15) is 0 Å². The topological polar surface area (TPSA) is 91.6 Å². The van der Waals surface area contributed by atoms with Gasteiger partial charge in [0.15, 0.2) is 5.11 Å². The Labute approximate surface area is 208 Å². The Bertz CT molecular complexity index is 1420. The number of anilines is 1. The van der Waals surface area contributed by atoms with Crippen LogP contribution in [0, 0.1) is 20.8 Å². The molecule has 0 bridgehead atoms. The average molecular weight is 488 g/mol. The van der Waals surface area contributed by atoms with E-state index in [0.29, 0.717) is 11.3 Å². The molecular formula is C27H25N3O4S. The van der Waals surface area contributed by atoms with Crippen molar-refractivity contribution in [1.29, 1.82) is 0 Å². The summed E-state index contributed by atoms with van der Waals surface area (Å²) in [4.78, 5) is 39.0. The van der Waals surface area contributed by atoms with Gasteiger partial charge in [0.1, 0.15) is 5.57 Å². The van der Waals surface area contributed by atoms with Gasteiger partial charge in [0.25, 0.3) is 11.8 Å². The monoisotopic (exact) mass is 487 g/mol. The number of aromatic carboxylic acids is 1. The van der Waals surface area contributed by atoms with E-state index in [-0.39, 0.29) is 16.2 Å². The molecule has 8 heteroatoms. The number of thiocarbonyl (C=S) groups is 1. The van der Waals surface area contributed by atoms with Crippen LogP contribution in [0.15, 0.2) is 54.1 Å². The molecule has 0 radical (unpaired) electrons. The number of amides is 2. The molecule has 1 saturated heterocycles. The van der Waals surface area contributed by atoms with Gasteiger partial charge in [-0.25, -0.2) is 4.79 Å². The van der Waals surface area contributed by atoms with Crippen LogP contribution in [0.2, 0.25) is 0 Å². The SMILES string of the molecule is CCc1ccc(N2C(=O)/C(=C/c3cc(C)n(-c4cc(C(=O)O)ccc4C)c3C)C(=O)NC2=S)cc1. The number of carboxylic acid groups (broad SMARTS) is 1. The summed E-state index contributed by atoms with van der Waals surface area (Å²) < 4.78 is 1.92. The first-order chi connectivity index (χ1) is 16.6. The number of benzene rings is 2. The predicted octanol–water partition coefficient (Wildman–Crippen LogP) is 4.49. The fourth-order valence-electron chi connectivity index (χ4n) is 4.22. The number of hydrogen-bond acceptors (Lipinski definition) is 4. The molecule has 4 rings (SSSR count). The average Bonchev–Trinajstić information content (AvgIpc) is 3.09. The highest BCUT2D eigenvalue weighted by molar-refractivity contribution is 7.80. The normalized spacial score (nSPS) is 15.0. The summed E-state index contributed by atoms with van der Waals surface area (Å²) in [5.74, 6) is -2.07. The minimum Gasteiger partial charge on any atom is -0.478 e. The molecule has 1 fully saturated rings. The van der Waals surface area contributed by atoms with Gasteiger partial charge in [-0.1, -0.05) is 25.1 Å². The van der Waals surface area contributed by atoms with E-state index in [1.165, 1.54) is 4.90 Å². The van der Waals surface area contributed by atoms with Gasteiger partial charge in [0.05, 0.1) is 11.3 Å². The molecule has 1 aliphatic heterocycles. The molecule has 0 saturated carbocycles. The van der Waals surface area contributed by atoms with Crippen LogP contribution in [-0.4, -0.2) is 32.6 Å². The molecular weight excluding hydrogens is 462 g/mol. The zero-order valence-corrected chi connectivity index (χ0v) is 20.7. The van der Waals surface area contributed by atoms with Crippen LogP contribution in [-0.2, 0) is 16.0 Å². The lowest BCUT2D eigenvalue weighted by atomic mass is 10.1. The number of carbonyl (C=O) groups excluding carboxylic acids is 2. The van der Waals surface area contributed by atoms with Gasteiger partial charge >= 0.3 is 5.97 Å². The lowest BCUT2D eigenvalue weighted by Gasteiger charge is -2.29. The van der Waals surface area contributed by atoms with E-state index in [4.69, 9.17) is 12.2 Å². The second kappa shape index (κ2) is 9.31. The van der Waals surface area contributed by atoms with Crippen molar-refractivity contribution in [3.05, 3.63) is 87.7 Å². The second-order valence-corrected chi connectivity index (χ2v) is 8.83. The zero-order valence-electron chi connectivity index (χ0n) is 19.9. The summed E-state index contributed by atoms with van der Waals surface area (Å²) in [6.45, 7) is 7.70. The first-order valence-electron chi connectivity index (χ1n) is 11.2. The molecule has 0 aliphatic carbocycles. The second-order valence-electron chi connectivity index (χ2n) is 8.45. The maximum atomic E-state index is 13.4. The molecule has 178 valence electrons. The number of hydrogen-bond donors (Lipinski definition) is 2. The van der Waals surface area contributed by atoms with Crippen molar-refractivity contribution in [3.8, 4) is 5.69 Å². The number of carboxylic acids is 1. The molecule has 3 aromatic rings. The zero-order chi connectivity index (χ0) is 25.4. The van der Waals surface area contributed by atoms with E-state index >= 15 is 0 Å². The van der Waals surface area contributed by atoms with E-state index in [9.17, 15) is 19.5 Å². The van der Waals surface area contributed by atoms with Crippen LogP contribution in [0.5, 0.6) is 0 Å². The highest BCUT2D eigenvalue weighted by atomic mass is 32.1. The fourth-order valence-corrected chi connectivity index (χ4v) is 4.50. The quantitative estimate of drug-likeness (QED) is 0.314. The van der Waals surface area contributed by atoms with Crippen LogP contribution in [0.25, 0.3) is 11.8 Å². The molecule has 7 nitrogen and oxygen atoms in total. The summed E-state index contributed by atoms with van der Waals surface area (Å²) in [7, 11) is 0. The van der Waals surface area contributed by atoms with Crippen molar-refractivity contribution in [2.24, 2.45) is 0 Å². The van der Waals surface area contributed by atoms with Crippen molar-refractivity contribution in [1.82, 2.24) is 9.88 Å². The Morgan fingerprint density at radius 1 is 1.06 bits per heavy atom. The molecule has 0 unspecified atom stereocenters. The van der Waals surface area contributed by atoms with Crippen molar-refractivity contribution in [2.45, 2.75) is 34.1 Å². The van der Waals surface area contributed by atoms with Gasteiger partial charge in [0, 0.05) is 17.1 Å². The van der Waals surface area contributed by atoms with Crippen molar-refractivity contribution >= 4 is 46.9 Å². The van der Waals surface area contributed by atoms with Crippen LogP contribution in [0.3, 0.4) is 0 Å². The van der Waals surface area contributed by atoms with E-state index in [2.05, 4.69) is 5.32 Å². The van der Waals surface area contributed by atoms with Crippen LogP contribution >= 0.6 is 12.2 Å². The van der Waals surface area contributed by atoms with Crippen molar-refractivity contribution < 1.29 is 19.5 Å². The summed E-state index contributed by atoms with van der Waals surface area (Å²) >= 11 is 5.30. The standard InChI is InChI=1S/C27H25N3O4S/c1-5-18-7-10-21(11-8-18)30-25(32)22(24(31)28-27(30)35)13-20-12-16(3)29(17(20)4)23-14-19(26(33)34)9-6-15(23)2/h6-14H,5H2,1-4H3,(H,33,34)(H,28,31,35)/b22-13+. The number of aromatic nitrogens is 1. The molecule has 35 heavy (non-hydrogen) atoms. The number of nitrogens with zero attached hydrogens (tertiary/aromatic N) is 2. The fraction of sp³-hybridized carbons (Fsp3) is 0.185. The van der Waals surface area contributed by atoms with Crippen molar-refractivity contribution in [3.63, 3.8) is 0 Å². The summed E-state index contributed by atoms with van der Waals surface area (Å²) in [6, 6.07) is 14.3. The Kier molecular flexibility index (Phi) is 6.41. The molecule has 2 aromatic carbocycles. The number of rotatable bonds is 5. The van der Waals surface area contributed by atoms with E-state index in [1.807, 2.05) is 62.6 Å². The molecule has 1 aliphatic rings.